The summed E-state index contributed by atoms with van der Waals surface area (Å²) in [6.07, 6.45) is 5.47. The molecule has 2 heterocycles. The lowest BCUT2D eigenvalue weighted by molar-refractivity contribution is 0.0948. The van der Waals surface area contributed by atoms with Crippen molar-refractivity contribution in [2.45, 2.75) is 32.4 Å². The minimum absolute atomic E-state index is 0.226. The van der Waals surface area contributed by atoms with Crippen LogP contribution in [0.2, 0.25) is 0 Å². The summed E-state index contributed by atoms with van der Waals surface area (Å²) < 4.78 is 16.7. The van der Waals surface area contributed by atoms with E-state index >= 15 is 0 Å². The molecule has 128 valence electrons. The maximum Gasteiger partial charge on any atom is 0.255 e. The monoisotopic (exact) mass is 340 g/mol. The highest BCUT2D eigenvalue weighted by molar-refractivity contribution is 5.95. The molecule has 0 atom stereocenters. The molecule has 0 spiro atoms. The number of benzene rings is 1. The summed E-state index contributed by atoms with van der Waals surface area (Å²) in [4.78, 5) is 12.5. The molecule has 7 nitrogen and oxygen atoms in total. The highest BCUT2D eigenvalue weighted by Crippen LogP contribution is 2.35. The second kappa shape index (κ2) is 6.12. The van der Waals surface area contributed by atoms with Gasteiger partial charge >= 0.3 is 0 Å². The van der Waals surface area contributed by atoms with Gasteiger partial charge in [0.15, 0.2) is 5.82 Å². The molecule has 1 amide bonds. The summed E-state index contributed by atoms with van der Waals surface area (Å²) in [5.74, 6) is 0.210. The largest absolute Gasteiger partial charge is 0.345 e. The Morgan fingerprint density at radius 3 is 2.80 bits per heavy atom. The summed E-state index contributed by atoms with van der Waals surface area (Å²) in [5.41, 5.74) is 1.86. The number of carbonyl (C=O) groups is 1. The average Bonchev–Trinajstić information content (AvgIpc) is 3.22. The van der Waals surface area contributed by atoms with Gasteiger partial charge in [-0.2, -0.15) is 5.10 Å². The van der Waals surface area contributed by atoms with Gasteiger partial charge in [-0.05, 0) is 44.0 Å². The van der Waals surface area contributed by atoms with Crippen LogP contribution in [0.3, 0.4) is 0 Å². The molecule has 0 radical (unpaired) electrons. The minimum Gasteiger partial charge on any atom is -0.345 e. The smallest absolute Gasteiger partial charge is 0.255 e. The van der Waals surface area contributed by atoms with E-state index in [4.69, 9.17) is 0 Å². The van der Waals surface area contributed by atoms with Gasteiger partial charge in [-0.15, -0.1) is 10.2 Å². The third kappa shape index (κ3) is 3.02. The number of aromatic nitrogens is 5. The summed E-state index contributed by atoms with van der Waals surface area (Å²) in [7, 11) is 0. The molecule has 1 aliphatic carbocycles. The van der Waals surface area contributed by atoms with E-state index in [2.05, 4.69) is 20.6 Å². The van der Waals surface area contributed by atoms with Crippen molar-refractivity contribution < 1.29 is 9.18 Å². The van der Waals surface area contributed by atoms with E-state index in [1.165, 1.54) is 18.3 Å². The first-order valence-electron chi connectivity index (χ1n) is 8.10. The van der Waals surface area contributed by atoms with Crippen LogP contribution in [-0.4, -0.2) is 30.5 Å². The van der Waals surface area contributed by atoms with Gasteiger partial charge in [-0.1, -0.05) is 0 Å². The molecule has 2 aromatic heterocycles. The van der Waals surface area contributed by atoms with E-state index in [9.17, 15) is 9.18 Å². The molecule has 25 heavy (non-hydrogen) atoms. The van der Waals surface area contributed by atoms with E-state index in [-0.39, 0.29) is 11.7 Å². The van der Waals surface area contributed by atoms with Crippen molar-refractivity contribution in [2.24, 2.45) is 0 Å². The number of hydrogen-bond donors (Lipinski definition) is 1. The predicted octanol–water partition coefficient (Wildman–Crippen LogP) is 2.18. The molecule has 8 heteroatoms. The van der Waals surface area contributed by atoms with Crippen LogP contribution in [0, 0.1) is 12.7 Å². The lowest BCUT2D eigenvalue weighted by Crippen LogP contribution is -2.25. The fourth-order valence-corrected chi connectivity index (χ4v) is 2.78. The van der Waals surface area contributed by atoms with Crippen LogP contribution in [0.4, 0.5) is 4.39 Å². The normalized spacial score (nSPS) is 13.8. The van der Waals surface area contributed by atoms with Crippen LogP contribution in [0.1, 0.15) is 40.8 Å². The van der Waals surface area contributed by atoms with Crippen molar-refractivity contribution in [3.8, 4) is 5.69 Å². The summed E-state index contributed by atoms with van der Waals surface area (Å²) in [6.45, 7) is 2.12. The minimum atomic E-state index is -0.314. The van der Waals surface area contributed by atoms with Crippen LogP contribution < -0.4 is 5.32 Å². The molecule has 1 aromatic carbocycles. The fourth-order valence-electron chi connectivity index (χ4n) is 2.78. The van der Waals surface area contributed by atoms with Crippen molar-refractivity contribution in [3.63, 3.8) is 0 Å². The van der Waals surface area contributed by atoms with E-state index in [0.717, 1.165) is 18.7 Å². The van der Waals surface area contributed by atoms with Crippen molar-refractivity contribution >= 4 is 5.91 Å². The maximum absolute atomic E-state index is 13.1. The Morgan fingerprint density at radius 2 is 2.08 bits per heavy atom. The summed E-state index contributed by atoms with van der Waals surface area (Å²) in [5, 5.41) is 15.1. The van der Waals surface area contributed by atoms with E-state index in [1.807, 2.05) is 4.57 Å². The summed E-state index contributed by atoms with van der Waals surface area (Å²) >= 11 is 0. The Kier molecular flexibility index (Phi) is 3.79. The quantitative estimate of drug-likeness (QED) is 0.772. The highest BCUT2D eigenvalue weighted by atomic mass is 19.1. The van der Waals surface area contributed by atoms with Crippen LogP contribution in [0.25, 0.3) is 5.69 Å². The second-order valence-corrected chi connectivity index (χ2v) is 6.10. The van der Waals surface area contributed by atoms with Crippen LogP contribution in [-0.2, 0) is 6.54 Å². The van der Waals surface area contributed by atoms with Crippen LogP contribution >= 0.6 is 0 Å². The molecule has 1 aliphatic rings. The third-order valence-corrected chi connectivity index (χ3v) is 4.32. The predicted molar refractivity (Wildman–Crippen MR) is 87.7 cm³/mol. The number of amides is 1. The van der Waals surface area contributed by atoms with Crippen molar-refractivity contribution in [1.29, 1.82) is 0 Å². The van der Waals surface area contributed by atoms with Crippen molar-refractivity contribution in [2.75, 3.05) is 0 Å². The fraction of sp³-hybridized carbons (Fsp3) is 0.294. The van der Waals surface area contributed by atoms with Crippen molar-refractivity contribution in [1.82, 2.24) is 29.9 Å². The maximum atomic E-state index is 13.1. The molecular formula is C17H17FN6O. The standard InChI is InChI=1S/C17H17FN6O/c1-11-15(8-21-24(11)14-4-2-12(18)3-5-14)17(25)19-9-16-22-20-10-23(16)13-6-7-13/h2-5,8,10,13H,6-7,9H2,1H3,(H,19,25). The van der Waals surface area contributed by atoms with Gasteiger partial charge in [-0.3, -0.25) is 4.79 Å². The topological polar surface area (TPSA) is 77.6 Å². The number of hydrogen-bond acceptors (Lipinski definition) is 4. The van der Waals surface area contributed by atoms with Crippen LogP contribution in [0.5, 0.6) is 0 Å². The van der Waals surface area contributed by atoms with Gasteiger partial charge in [0.1, 0.15) is 12.1 Å². The van der Waals surface area contributed by atoms with Crippen molar-refractivity contribution in [3.05, 3.63) is 59.7 Å². The Morgan fingerprint density at radius 1 is 1.32 bits per heavy atom. The van der Waals surface area contributed by atoms with Gasteiger partial charge < -0.3 is 9.88 Å². The van der Waals surface area contributed by atoms with Gasteiger partial charge in [0.05, 0.1) is 29.7 Å². The van der Waals surface area contributed by atoms with E-state index < -0.39 is 0 Å². The molecule has 4 rings (SSSR count). The molecule has 0 saturated heterocycles. The molecule has 0 unspecified atom stereocenters. The van der Waals surface area contributed by atoms with Gasteiger partial charge in [0, 0.05) is 6.04 Å². The number of nitrogens with zero attached hydrogens (tertiary/aromatic N) is 5. The number of nitrogens with one attached hydrogen (secondary N) is 1. The Bertz CT molecular complexity index is 910. The first-order valence-corrected chi connectivity index (χ1v) is 8.10. The zero-order valence-corrected chi connectivity index (χ0v) is 13.7. The first kappa shape index (κ1) is 15.5. The van der Waals surface area contributed by atoms with Gasteiger partial charge in [0.25, 0.3) is 5.91 Å². The second-order valence-electron chi connectivity index (χ2n) is 6.10. The van der Waals surface area contributed by atoms with E-state index in [0.29, 0.717) is 29.5 Å². The third-order valence-electron chi connectivity index (χ3n) is 4.32. The number of rotatable bonds is 5. The van der Waals surface area contributed by atoms with Gasteiger partial charge in [0.2, 0.25) is 0 Å². The van der Waals surface area contributed by atoms with E-state index in [1.54, 1.807) is 30.1 Å². The first-order chi connectivity index (χ1) is 12.1. The molecule has 3 aromatic rings. The SMILES string of the molecule is Cc1c(C(=O)NCc2nncn2C2CC2)cnn1-c1ccc(F)cc1. The van der Waals surface area contributed by atoms with Crippen LogP contribution in [0.15, 0.2) is 36.8 Å². The Labute approximate surface area is 143 Å². The summed E-state index contributed by atoms with van der Waals surface area (Å²) in [6, 6.07) is 6.43. The zero-order valence-electron chi connectivity index (χ0n) is 13.7. The number of halogens is 1. The molecular weight excluding hydrogens is 323 g/mol. The molecule has 0 aliphatic heterocycles. The molecule has 0 bridgehead atoms. The Balaban J connectivity index is 1.49. The lowest BCUT2D eigenvalue weighted by atomic mass is 10.2. The molecule has 1 N–H and O–H groups in total. The average molecular weight is 340 g/mol. The van der Waals surface area contributed by atoms with Gasteiger partial charge in [-0.25, -0.2) is 9.07 Å². The molecule has 1 fully saturated rings. The number of carbonyl (C=O) groups excluding carboxylic acids is 1. The lowest BCUT2D eigenvalue weighted by Gasteiger charge is -2.07. The molecule has 1 saturated carbocycles. The highest BCUT2D eigenvalue weighted by Gasteiger charge is 2.26. The zero-order chi connectivity index (χ0) is 17.4. The Hall–Kier alpha value is -3.03.